The Kier molecular flexibility index (Phi) is 2.92. The van der Waals surface area contributed by atoms with E-state index in [1.54, 1.807) is 29.1 Å². The highest BCUT2D eigenvalue weighted by molar-refractivity contribution is 6.30. The Morgan fingerprint density at radius 2 is 2.25 bits per heavy atom. The lowest BCUT2D eigenvalue weighted by atomic mass is 10.3. The number of hydrogen-bond acceptors (Lipinski definition) is 2. The van der Waals surface area contributed by atoms with Gasteiger partial charge in [-0.3, -0.25) is 4.79 Å². The van der Waals surface area contributed by atoms with Gasteiger partial charge in [0, 0.05) is 11.2 Å². The predicted molar refractivity (Wildman–Crippen MR) is 59.9 cm³/mol. The van der Waals surface area contributed by atoms with Crippen LogP contribution in [0, 0.1) is 0 Å². The second-order valence-corrected chi connectivity index (χ2v) is 3.74. The van der Waals surface area contributed by atoms with Crippen molar-refractivity contribution in [3.8, 4) is 5.69 Å². The Morgan fingerprint density at radius 3 is 2.94 bits per heavy atom. The lowest BCUT2D eigenvalue weighted by Gasteiger charge is -2.00. The molecule has 0 radical (unpaired) electrons. The van der Waals surface area contributed by atoms with Gasteiger partial charge in [-0.15, -0.1) is 0 Å². The second-order valence-electron chi connectivity index (χ2n) is 3.30. The summed E-state index contributed by atoms with van der Waals surface area (Å²) in [5, 5.41) is 13.4. The molecule has 2 rings (SSSR count). The minimum Gasteiger partial charge on any atom is -0.481 e. The molecule has 0 atom stereocenters. The number of rotatable bonds is 3. The molecule has 0 aliphatic heterocycles. The SMILES string of the molecule is O=C(O)Cc1ccn(-c2cccc(Cl)c2)n1. The zero-order valence-corrected chi connectivity index (χ0v) is 9.05. The summed E-state index contributed by atoms with van der Waals surface area (Å²) in [6.45, 7) is 0. The highest BCUT2D eigenvalue weighted by Gasteiger charge is 2.05. The first-order valence-corrected chi connectivity index (χ1v) is 5.05. The Bertz CT molecular complexity index is 522. The number of carboxylic acids is 1. The molecule has 0 bridgehead atoms. The zero-order chi connectivity index (χ0) is 11.5. The summed E-state index contributed by atoms with van der Waals surface area (Å²) < 4.78 is 1.60. The Hall–Kier alpha value is -1.81. The maximum absolute atomic E-state index is 10.5. The lowest BCUT2D eigenvalue weighted by molar-refractivity contribution is -0.136. The van der Waals surface area contributed by atoms with Gasteiger partial charge >= 0.3 is 5.97 Å². The maximum Gasteiger partial charge on any atom is 0.309 e. The fourth-order valence-corrected chi connectivity index (χ4v) is 1.56. The Balaban J connectivity index is 2.28. The van der Waals surface area contributed by atoms with E-state index in [9.17, 15) is 4.79 Å². The van der Waals surface area contributed by atoms with Gasteiger partial charge in [-0.05, 0) is 24.3 Å². The van der Waals surface area contributed by atoms with Crippen LogP contribution in [0.2, 0.25) is 5.02 Å². The van der Waals surface area contributed by atoms with E-state index >= 15 is 0 Å². The van der Waals surface area contributed by atoms with Gasteiger partial charge in [-0.2, -0.15) is 5.10 Å². The van der Waals surface area contributed by atoms with E-state index in [2.05, 4.69) is 5.10 Å². The van der Waals surface area contributed by atoms with Crippen LogP contribution in [0.3, 0.4) is 0 Å². The topological polar surface area (TPSA) is 55.1 Å². The van der Waals surface area contributed by atoms with Crippen molar-refractivity contribution >= 4 is 17.6 Å². The van der Waals surface area contributed by atoms with E-state index in [4.69, 9.17) is 16.7 Å². The molecule has 4 nitrogen and oxygen atoms in total. The quantitative estimate of drug-likeness (QED) is 0.889. The molecule has 0 saturated carbocycles. The van der Waals surface area contributed by atoms with Crippen LogP contribution in [-0.2, 0) is 11.2 Å². The lowest BCUT2D eigenvalue weighted by Crippen LogP contribution is -2.02. The van der Waals surface area contributed by atoms with Crippen LogP contribution < -0.4 is 0 Å². The van der Waals surface area contributed by atoms with E-state index in [-0.39, 0.29) is 6.42 Å². The van der Waals surface area contributed by atoms with Gasteiger partial charge in [-0.25, -0.2) is 4.68 Å². The molecule has 2 aromatic rings. The van der Waals surface area contributed by atoms with Crippen molar-refractivity contribution < 1.29 is 9.90 Å². The van der Waals surface area contributed by atoms with Gasteiger partial charge in [0.05, 0.1) is 17.8 Å². The largest absolute Gasteiger partial charge is 0.481 e. The summed E-state index contributed by atoms with van der Waals surface area (Å²) in [6.07, 6.45) is 1.64. The van der Waals surface area contributed by atoms with Crippen molar-refractivity contribution in [2.45, 2.75) is 6.42 Å². The average Bonchev–Trinajstić information content (AvgIpc) is 2.65. The van der Waals surface area contributed by atoms with Crippen LogP contribution in [0.1, 0.15) is 5.69 Å². The highest BCUT2D eigenvalue weighted by Crippen LogP contribution is 2.14. The molecule has 1 heterocycles. The number of aliphatic carboxylic acids is 1. The predicted octanol–water partition coefficient (Wildman–Crippen LogP) is 2.15. The molecule has 16 heavy (non-hydrogen) atoms. The highest BCUT2D eigenvalue weighted by atomic mass is 35.5. The molecule has 0 unspecified atom stereocenters. The van der Waals surface area contributed by atoms with Crippen LogP contribution in [0.25, 0.3) is 5.69 Å². The molecule has 0 fully saturated rings. The summed E-state index contributed by atoms with van der Waals surface area (Å²) in [5.74, 6) is -0.892. The molecule has 0 amide bonds. The van der Waals surface area contributed by atoms with E-state index in [0.717, 1.165) is 5.69 Å². The molecule has 82 valence electrons. The fraction of sp³-hybridized carbons (Fsp3) is 0.0909. The summed E-state index contributed by atoms with van der Waals surface area (Å²) >= 11 is 5.85. The van der Waals surface area contributed by atoms with Crippen LogP contribution in [0.4, 0.5) is 0 Å². The van der Waals surface area contributed by atoms with Gasteiger partial charge in [0.15, 0.2) is 0 Å². The summed E-state index contributed by atoms with van der Waals surface area (Å²) in [5.41, 5.74) is 1.33. The normalized spacial score (nSPS) is 10.3. The van der Waals surface area contributed by atoms with Gasteiger partial charge in [0.25, 0.3) is 0 Å². The van der Waals surface area contributed by atoms with Gasteiger partial charge in [0.1, 0.15) is 0 Å². The Labute approximate surface area is 97.1 Å². The van der Waals surface area contributed by atoms with Crippen molar-refractivity contribution in [2.24, 2.45) is 0 Å². The third kappa shape index (κ3) is 2.41. The molecule has 1 N–H and O–H groups in total. The minimum absolute atomic E-state index is 0.0758. The summed E-state index contributed by atoms with van der Waals surface area (Å²) in [7, 11) is 0. The van der Waals surface area contributed by atoms with Crippen LogP contribution >= 0.6 is 11.6 Å². The minimum atomic E-state index is -0.892. The van der Waals surface area contributed by atoms with Crippen LogP contribution in [-0.4, -0.2) is 20.9 Å². The van der Waals surface area contributed by atoms with Gasteiger partial charge in [0.2, 0.25) is 0 Å². The van der Waals surface area contributed by atoms with Crippen molar-refractivity contribution in [1.29, 1.82) is 0 Å². The monoisotopic (exact) mass is 236 g/mol. The third-order valence-corrected chi connectivity index (χ3v) is 2.28. The van der Waals surface area contributed by atoms with Crippen LogP contribution in [0.5, 0.6) is 0 Å². The molecule has 0 aliphatic rings. The molecule has 5 heteroatoms. The number of halogens is 1. The maximum atomic E-state index is 10.5. The van der Waals surface area contributed by atoms with Crippen molar-refractivity contribution in [2.75, 3.05) is 0 Å². The average molecular weight is 237 g/mol. The smallest absolute Gasteiger partial charge is 0.309 e. The number of carbonyl (C=O) groups is 1. The molecule has 0 spiro atoms. The van der Waals surface area contributed by atoms with Crippen LogP contribution in [0.15, 0.2) is 36.5 Å². The first-order valence-electron chi connectivity index (χ1n) is 4.67. The molecule has 0 aliphatic carbocycles. The Morgan fingerprint density at radius 1 is 1.44 bits per heavy atom. The number of carboxylic acid groups (broad SMARTS) is 1. The second kappa shape index (κ2) is 4.37. The van der Waals surface area contributed by atoms with Gasteiger partial charge < -0.3 is 5.11 Å². The number of nitrogens with zero attached hydrogens (tertiary/aromatic N) is 2. The van der Waals surface area contributed by atoms with E-state index in [0.29, 0.717) is 10.7 Å². The van der Waals surface area contributed by atoms with E-state index < -0.39 is 5.97 Å². The first-order chi connectivity index (χ1) is 7.65. The fourth-order valence-electron chi connectivity index (χ4n) is 1.37. The third-order valence-electron chi connectivity index (χ3n) is 2.05. The number of hydrogen-bond donors (Lipinski definition) is 1. The van der Waals surface area contributed by atoms with Crippen molar-refractivity contribution in [3.63, 3.8) is 0 Å². The zero-order valence-electron chi connectivity index (χ0n) is 8.30. The standard InChI is InChI=1S/C11H9ClN2O2/c12-8-2-1-3-10(6-8)14-5-4-9(13-14)7-11(15)16/h1-6H,7H2,(H,15,16). The molecule has 1 aromatic carbocycles. The van der Waals surface area contributed by atoms with Gasteiger partial charge in [-0.1, -0.05) is 17.7 Å². The van der Waals surface area contributed by atoms with E-state index in [1.165, 1.54) is 0 Å². The molecular formula is C11H9ClN2O2. The number of benzene rings is 1. The first kappa shape index (κ1) is 10.7. The summed E-state index contributed by atoms with van der Waals surface area (Å²) in [4.78, 5) is 10.5. The van der Waals surface area contributed by atoms with Crippen molar-refractivity contribution in [3.05, 3.63) is 47.2 Å². The van der Waals surface area contributed by atoms with E-state index in [1.807, 2.05) is 12.1 Å². The molecule has 1 aromatic heterocycles. The molecular weight excluding hydrogens is 228 g/mol. The summed E-state index contributed by atoms with van der Waals surface area (Å²) in [6, 6.07) is 8.88. The van der Waals surface area contributed by atoms with Crippen molar-refractivity contribution in [1.82, 2.24) is 9.78 Å². The number of aromatic nitrogens is 2. The molecule has 0 saturated heterocycles.